The van der Waals surface area contributed by atoms with Gasteiger partial charge in [-0.25, -0.2) is 0 Å². The summed E-state index contributed by atoms with van der Waals surface area (Å²) in [6.45, 7) is 0. The van der Waals surface area contributed by atoms with E-state index in [9.17, 15) is 18.9 Å². The van der Waals surface area contributed by atoms with Gasteiger partial charge in [0.15, 0.2) is 0 Å². The minimum Gasteiger partial charge on any atom is -0.771 e. The second kappa shape index (κ2) is 5.35. The maximum atomic E-state index is 10.8. The summed E-state index contributed by atoms with van der Waals surface area (Å²) < 4.78 is 20.4. The number of halogens is 2. The van der Waals surface area contributed by atoms with Gasteiger partial charge in [0.25, 0.3) is 5.69 Å². The quantitative estimate of drug-likeness (QED) is 0.352. The summed E-state index contributed by atoms with van der Waals surface area (Å²) in [6, 6.07) is 5.70. The van der Waals surface area contributed by atoms with Crippen molar-refractivity contribution in [3.63, 3.8) is 0 Å². The summed E-state index contributed by atoms with van der Waals surface area (Å²) in [4.78, 5) is 9.89. The molecule has 1 aromatic rings. The van der Waals surface area contributed by atoms with E-state index < -0.39 is 18.6 Å². The lowest BCUT2D eigenvalue weighted by molar-refractivity contribution is -0.384. The molecular weight excluding hydrogens is 366 g/mol. The topological polar surface area (TPSA) is 83.3 Å². The number of alkyl halides is 2. The van der Waals surface area contributed by atoms with E-state index >= 15 is 0 Å². The Morgan fingerprint density at radius 1 is 1.31 bits per heavy atom. The minimum atomic E-state index is -2.34. The molecule has 0 radical (unpaired) electrons. The van der Waals surface area contributed by atoms with Gasteiger partial charge < -0.3 is 4.55 Å². The molecule has 16 heavy (non-hydrogen) atoms. The van der Waals surface area contributed by atoms with Crippen LogP contribution in [0.25, 0.3) is 0 Å². The zero-order chi connectivity index (χ0) is 12.3. The van der Waals surface area contributed by atoms with Crippen molar-refractivity contribution in [2.45, 2.75) is 8.99 Å². The molecule has 0 aliphatic carbocycles. The first-order valence-corrected chi connectivity index (χ1v) is 6.69. The summed E-state index contributed by atoms with van der Waals surface area (Å²) in [5.41, 5.74) is 0.644. The fourth-order valence-electron chi connectivity index (χ4n) is 1.03. The number of hydrogen-bond acceptors (Lipinski definition) is 4. The first-order chi connectivity index (χ1) is 7.33. The summed E-state index contributed by atoms with van der Waals surface area (Å²) in [7, 11) is 0. The Kier molecular flexibility index (Phi) is 4.60. The van der Waals surface area contributed by atoms with E-state index in [0.29, 0.717) is 5.56 Å². The molecule has 8 heteroatoms. The third kappa shape index (κ3) is 3.62. The van der Waals surface area contributed by atoms with Gasteiger partial charge in [-0.05, 0) is 16.6 Å². The number of nitro benzene ring substituents is 1. The Labute approximate surface area is 111 Å². The summed E-state index contributed by atoms with van der Waals surface area (Å²) in [6.07, 6.45) is 0.168. The largest absolute Gasteiger partial charge is 0.771 e. The lowest BCUT2D eigenvalue weighted by Gasteiger charge is -2.23. The number of non-ortho nitro benzene ring substituents is 1. The molecular formula is C8H6Br2NO4S-. The highest BCUT2D eigenvalue weighted by Gasteiger charge is 2.24. The monoisotopic (exact) mass is 370 g/mol. The second-order valence-electron chi connectivity index (χ2n) is 2.97. The minimum absolute atomic E-state index is 0.0262. The molecule has 0 aliphatic rings. The number of hydrogen-bond donors (Lipinski definition) is 0. The average Bonchev–Trinajstić information content (AvgIpc) is 2.17. The zero-order valence-electron chi connectivity index (χ0n) is 7.76. The molecule has 1 unspecified atom stereocenters. The fraction of sp³-hybridized carbons (Fsp3) is 0.250. The SMILES string of the molecule is O=[N+]([O-])c1ccc(CC(Br)(Br)S(=O)[O-])cc1. The van der Waals surface area contributed by atoms with Gasteiger partial charge in [0.05, 0.1) is 4.92 Å². The van der Waals surface area contributed by atoms with Gasteiger partial charge in [-0.15, -0.1) is 0 Å². The third-order valence-corrected chi connectivity index (χ3v) is 4.58. The van der Waals surface area contributed by atoms with E-state index in [1.165, 1.54) is 24.3 Å². The van der Waals surface area contributed by atoms with Crippen LogP contribution in [0.4, 0.5) is 5.69 Å². The predicted octanol–water partition coefficient (Wildman–Crippen LogP) is 2.46. The second-order valence-corrected chi connectivity index (χ2v) is 8.96. The van der Waals surface area contributed by atoms with Crippen LogP contribution in [-0.2, 0) is 17.5 Å². The highest BCUT2D eigenvalue weighted by molar-refractivity contribution is 9.27. The van der Waals surface area contributed by atoms with E-state index in [1.807, 2.05) is 0 Å². The van der Waals surface area contributed by atoms with Crippen LogP contribution < -0.4 is 0 Å². The van der Waals surface area contributed by atoms with E-state index in [0.717, 1.165) is 0 Å². The molecule has 0 fully saturated rings. The van der Waals surface area contributed by atoms with Crippen molar-refractivity contribution in [2.75, 3.05) is 0 Å². The Balaban J connectivity index is 2.84. The van der Waals surface area contributed by atoms with Crippen LogP contribution in [0.5, 0.6) is 0 Å². The van der Waals surface area contributed by atoms with E-state index in [-0.39, 0.29) is 12.1 Å². The highest BCUT2D eigenvalue weighted by atomic mass is 79.9. The molecule has 0 heterocycles. The average molecular weight is 372 g/mol. The maximum absolute atomic E-state index is 10.8. The van der Waals surface area contributed by atoms with Crippen LogP contribution in [0, 0.1) is 10.1 Å². The van der Waals surface area contributed by atoms with Crippen molar-refractivity contribution in [2.24, 2.45) is 0 Å². The molecule has 88 valence electrons. The van der Waals surface area contributed by atoms with E-state index in [2.05, 4.69) is 31.9 Å². The molecule has 0 aliphatic heterocycles. The maximum Gasteiger partial charge on any atom is 0.269 e. The van der Waals surface area contributed by atoms with Gasteiger partial charge in [0.2, 0.25) is 0 Å². The predicted molar refractivity (Wildman–Crippen MR) is 66.3 cm³/mol. The van der Waals surface area contributed by atoms with Gasteiger partial charge >= 0.3 is 0 Å². The van der Waals surface area contributed by atoms with Crippen LogP contribution in [-0.4, -0.2) is 16.3 Å². The van der Waals surface area contributed by atoms with E-state index in [4.69, 9.17) is 0 Å². The summed E-state index contributed by atoms with van der Waals surface area (Å²) >= 11 is 3.66. The van der Waals surface area contributed by atoms with Crippen LogP contribution in [0.15, 0.2) is 24.3 Å². The first kappa shape index (κ1) is 13.8. The lowest BCUT2D eigenvalue weighted by atomic mass is 10.1. The molecule has 0 aromatic heterocycles. The van der Waals surface area contributed by atoms with Gasteiger partial charge in [-0.3, -0.25) is 14.3 Å². The van der Waals surface area contributed by atoms with E-state index in [1.54, 1.807) is 0 Å². The molecule has 0 spiro atoms. The van der Waals surface area contributed by atoms with Crippen molar-refractivity contribution >= 4 is 48.6 Å². The van der Waals surface area contributed by atoms with Crippen molar-refractivity contribution in [3.05, 3.63) is 39.9 Å². The summed E-state index contributed by atoms with van der Waals surface area (Å²) in [5, 5.41) is 10.4. The number of nitro groups is 1. The smallest absolute Gasteiger partial charge is 0.269 e. The molecule has 1 aromatic carbocycles. The van der Waals surface area contributed by atoms with Crippen molar-refractivity contribution in [1.29, 1.82) is 0 Å². The van der Waals surface area contributed by atoms with Crippen LogP contribution in [0.1, 0.15) is 5.56 Å². The molecule has 0 saturated heterocycles. The fourth-order valence-corrected chi connectivity index (χ4v) is 1.96. The number of rotatable bonds is 4. The van der Waals surface area contributed by atoms with Crippen molar-refractivity contribution in [3.8, 4) is 0 Å². The molecule has 1 rings (SSSR count). The van der Waals surface area contributed by atoms with Gasteiger partial charge in [-0.1, -0.05) is 44.0 Å². The molecule has 1 atom stereocenters. The lowest BCUT2D eigenvalue weighted by Crippen LogP contribution is -2.21. The zero-order valence-corrected chi connectivity index (χ0v) is 11.7. The number of nitrogens with zero attached hydrogens (tertiary/aromatic N) is 1. The Hall–Kier alpha value is -0.310. The van der Waals surface area contributed by atoms with Crippen LogP contribution in [0.3, 0.4) is 0 Å². The highest BCUT2D eigenvalue weighted by Crippen LogP contribution is 2.33. The molecule has 0 amide bonds. The normalized spacial score (nSPS) is 13.4. The van der Waals surface area contributed by atoms with Gasteiger partial charge in [-0.2, -0.15) is 0 Å². The molecule has 0 N–H and O–H groups in total. The Morgan fingerprint density at radius 3 is 2.19 bits per heavy atom. The summed E-state index contributed by atoms with van der Waals surface area (Å²) in [5.74, 6) is 0. The van der Waals surface area contributed by atoms with Crippen molar-refractivity contribution in [1.82, 2.24) is 0 Å². The van der Waals surface area contributed by atoms with Crippen LogP contribution >= 0.6 is 31.9 Å². The standard InChI is InChI=1S/C8H7Br2NO4S/c9-8(10,16(14)15)5-6-1-3-7(4-2-6)11(12)13/h1-4H,5H2,(H,14,15)/p-1. The van der Waals surface area contributed by atoms with Crippen molar-refractivity contribution < 1.29 is 13.7 Å². The Morgan fingerprint density at radius 2 is 1.81 bits per heavy atom. The van der Waals surface area contributed by atoms with Crippen LogP contribution in [0.2, 0.25) is 0 Å². The molecule has 0 saturated carbocycles. The molecule has 0 bridgehead atoms. The number of benzene rings is 1. The molecule has 5 nitrogen and oxygen atoms in total. The first-order valence-electron chi connectivity index (χ1n) is 4.03. The Bertz CT molecular complexity index is 421. The van der Waals surface area contributed by atoms with Gasteiger partial charge in [0.1, 0.15) is 2.57 Å². The third-order valence-electron chi connectivity index (χ3n) is 1.80. The van der Waals surface area contributed by atoms with Gasteiger partial charge in [0, 0.05) is 18.6 Å².